The number of anilines is 1. The zero-order chi connectivity index (χ0) is 12.4. The quantitative estimate of drug-likeness (QED) is 0.866. The lowest BCUT2D eigenvalue weighted by Crippen LogP contribution is -2.27. The first-order valence-electron chi connectivity index (χ1n) is 5.36. The molecule has 2 atom stereocenters. The maximum absolute atomic E-state index is 10.9. The molecular weight excluding hydrogens is 244 g/mol. The van der Waals surface area contributed by atoms with Crippen molar-refractivity contribution in [3.05, 3.63) is 22.8 Å². The largest absolute Gasteiger partial charge is 0.476 e. The summed E-state index contributed by atoms with van der Waals surface area (Å²) < 4.78 is 5.41. The van der Waals surface area contributed by atoms with Crippen LogP contribution < -0.4 is 5.32 Å². The van der Waals surface area contributed by atoms with Crippen LogP contribution in [0.25, 0.3) is 0 Å². The predicted molar refractivity (Wildman–Crippen MR) is 63.6 cm³/mol. The molecule has 2 unspecified atom stereocenters. The first-order chi connectivity index (χ1) is 8.08. The molecule has 1 aromatic heterocycles. The van der Waals surface area contributed by atoms with Crippen LogP contribution in [0.1, 0.15) is 23.8 Å². The summed E-state index contributed by atoms with van der Waals surface area (Å²) in [4.78, 5) is 14.8. The Bertz CT molecular complexity index is 439. The second-order valence-electron chi connectivity index (χ2n) is 3.95. The zero-order valence-electron chi connectivity index (χ0n) is 9.31. The van der Waals surface area contributed by atoms with Crippen LogP contribution in [0.4, 0.5) is 5.82 Å². The Morgan fingerprint density at radius 3 is 3.00 bits per heavy atom. The number of aromatic carboxylic acids is 1. The lowest BCUT2D eigenvalue weighted by molar-refractivity contribution is 0.0691. The monoisotopic (exact) mass is 256 g/mol. The maximum atomic E-state index is 10.9. The number of carbonyl (C=O) groups is 1. The van der Waals surface area contributed by atoms with Gasteiger partial charge < -0.3 is 15.2 Å². The first kappa shape index (κ1) is 12.1. The average Bonchev–Trinajstić information content (AvgIpc) is 2.67. The van der Waals surface area contributed by atoms with Crippen molar-refractivity contribution in [3.63, 3.8) is 0 Å². The van der Waals surface area contributed by atoms with Gasteiger partial charge in [-0.25, -0.2) is 9.78 Å². The Balaban J connectivity index is 2.16. The number of nitrogens with zero attached hydrogens (tertiary/aromatic N) is 1. The molecule has 0 amide bonds. The molecule has 1 fully saturated rings. The van der Waals surface area contributed by atoms with Gasteiger partial charge >= 0.3 is 5.97 Å². The molecule has 92 valence electrons. The number of nitrogens with one attached hydrogen (secondary N) is 1. The van der Waals surface area contributed by atoms with E-state index in [0.717, 1.165) is 6.42 Å². The van der Waals surface area contributed by atoms with Gasteiger partial charge in [-0.2, -0.15) is 0 Å². The molecule has 0 bridgehead atoms. The number of hydrogen-bond acceptors (Lipinski definition) is 4. The second-order valence-corrected chi connectivity index (χ2v) is 4.35. The predicted octanol–water partition coefficient (Wildman–Crippen LogP) is 2.02. The van der Waals surface area contributed by atoms with Gasteiger partial charge in [-0.3, -0.25) is 0 Å². The van der Waals surface area contributed by atoms with E-state index in [9.17, 15) is 4.79 Å². The van der Waals surface area contributed by atoms with E-state index >= 15 is 0 Å². The number of ether oxygens (including phenoxy) is 1. The van der Waals surface area contributed by atoms with E-state index in [1.54, 1.807) is 6.07 Å². The molecule has 0 aromatic carbocycles. The molecule has 17 heavy (non-hydrogen) atoms. The number of halogens is 1. The van der Waals surface area contributed by atoms with Gasteiger partial charge in [-0.05, 0) is 25.5 Å². The summed E-state index contributed by atoms with van der Waals surface area (Å²) in [6.07, 6.45) is 0.981. The molecule has 0 radical (unpaired) electrons. The molecule has 1 saturated heterocycles. The highest BCUT2D eigenvalue weighted by Crippen LogP contribution is 2.20. The summed E-state index contributed by atoms with van der Waals surface area (Å²) in [5.41, 5.74) is -0.136. The third-order valence-corrected chi connectivity index (χ3v) is 3.06. The lowest BCUT2D eigenvalue weighted by atomic mass is 10.1. The fraction of sp³-hybridized carbons (Fsp3) is 0.455. The minimum atomic E-state index is -1.13. The van der Waals surface area contributed by atoms with Crippen LogP contribution in [0.2, 0.25) is 5.02 Å². The van der Waals surface area contributed by atoms with Crippen molar-refractivity contribution in [2.24, 2.45) is 0 Å². The van der Waals surface area contributed by atoms with Crippen LogP contribution in [0.3, 0.4) is 0 Å². The average molecular weight is 257 g/mol. The van der Waals surface area contributed by atoms with Crippen molar-refractivity contribution in [2.75, 3.05) is 11.9 Å². The molecule has 5 nitrogen and oxygen atoms in total. The van der Waals surface area contributed by atoms with Crippen LogP contribution in [0.5, 0.6) is 0 Å². The summed E-state index contributed by atoms with van der Waals surface area (Å²) in [6.45, 7) is 2.68. The van der Waals surface area contributed by atoms with Crippen molar-refractivity contribution in [3.8, 4) is 0 Å². The molecule has 6 heteroatoms. The van der Waals surface area contributed by atoms with Crippen molar-refractivity contribution >= 4 is 23.4 Å². The van der Waals surface area contributed by atoms with Crippen LogP contribution >= 0.6 is 11.6 Å². The third kappa shape index (κ3) is 2.68. The molecule has 1 aromatic rings. The van der Waals surface area contributed by atoms with Crippen LogP contribution in [-0.4, -0.2) is 34.8 Å². The van der Waals surface area contributed by atoms with Crippen LogP contribution in [0, 0.1) is 0 Å². The number of hydrogen-bond donors (Lipinski definition) is 2. The van der Waals surface area contributed by atoms with Gasteiger partial charge in [0.1, 0.15) is 5.82 Å². The molecule has 2 heterocycles. The second kappa shape index (κ2) is 4.89. The molecule has 0 aliphatic carbocycles. The number of carboxylic acid groups (broad SMARTS) is 1. The minimum Gasteiger partial charge on any atom is -0.476 e. The standard InChI is InChI=1S/C11H13ClN2O3/c1-6-8(4-5-17-6)13-9-3-2-7(12)10(14-9)11(15)16/h2-3,6,8H,4-5H2,1H3,(H,13,14)(H,15,16). The summed E-state index contributed by atoms with van der Waals surface area (Å²) in [5, 5.41) is 12.2. The Labute approximate surface area is 104 Å². The van der Waals surface area contributed by atoms with Gasteiger partial charge in [0.25, 0.3) is 0 Å². The number of carboxylic acids is 1. The van der Waals surface area contributed by atoms with E-state index in [-0.39, 0.29) is 22.9 Å². The van der Waals surface area contributed by atoms with E-state index in [1.165, 1.54) is 6.07 Å². The van der Waals surface area contributed by atoms with Gasteiger partial charge in [0.15, 0.2) is 5.69 Å². The maximum Gasteiger partial charge on any atom is 0.356 e. The summed E-state index contributed by atoms with van der Waals surface area (Å²) in [6, 6.07) is 3.35. The summed E-state index contributed by atoms with van der Waals surface area (Å²) in [7, 11) is 0. The smallest absolute Gasteiger partial charge is 0.356 e. The van der Waals surface area contributed by atoms with Crippen molar-refractivity contribution in [1.82, 2.24) is 4.98 Å². The molecule has 1 aliphatic rings. The highest BCUT2D eigenvalue weighted by Gasteiger charge is 2.24. The normalized spacial score (nSPS) is 23.6. The van der Waals surface area contributed by atoms with Gasteiger partial charge in [0.05, 0.1) is 17.2 Å². The summed E-state index contributed by atoms with van der Waals surface area (Å²) >= 11 is 5.74. The number of rotatable bonds is 3. The van der Waals surface area contributed by atoms with Crippen molar-refractivity contribution < 1.29 is 14.6 Å². The van der Waals surface area contributed by atoms with E-state index in [4.69, 9.17) is 21.4 Å². The molecule has 0 spiro atoms. The number of pyridine rings is 1. The molecule has 2 rings (SSSR count). The topological polar surface area (TPSA) is 71.5 Å². The molecule has 2 N–H and O–H groups in total. The Morgan fingerprint density at radius 2 is 2.41 bits per heavy atom. The highest BCUT2D eigenvalue weighted by molar-refractivity contribution is 6.33. The molecule has 1 aliphatic heterocycles. The van der Waals surface area contributed by atoms with Crippen molar-refractivity contribution in [1.29, 1.82) is 0 Å². The third-order valence-electron chi connectivity index (χ3n) is 2.76. The fourth-order valence-electron chi connectivity index (χ4n) is 1.78. The van der Waals surface area contributed by atoms with Gasteiger partial charge in [-0.1, -0.05) is 11.6 Å². The van der Waals surface area contributed by atoms with Gasteiger partial charge in [0.2, 0.25) is 0 Å². The summed E-state index contributed by atoms with van der Waals surface area (Å²) in [5.74, 6) is -0.622. The van der Waals surface area contributed by atoms with E-state index in [0.29, 0.717) is 12.4 Å². The number of aromatic nitrogens is 1. The van der Waals surface area contributed by atoms with E-state index in [2.05, 4.69) is 10.3 Å². The highest BCUT2D eigenvalue weighted by atomic mass is 35.5. The molecular formula is C11H13ClN2O3. The fourth-order valence-corrected chi connectivity index (χ4v) is 1.97. The first-order valence-corrected chi connectivity index (χ1v) is 5.73. The molecule has 0 saturated carbocycles. The Morgan fingerprint density at radius 1 is 1.65 bits per heavy atom. The van der Waals surface area contributed by atoms with Crippen LogP contribution in [-0.2, 0) is 4.74 Å². The zero-order valence-corrected chi connectivity index (χ0v) is 10.1. The van der Waals surface area contributed by atoms with Crippen LogP contribution in [0.15, 0.2) is 12.1 Å². The lowest BCUT2D eigenvalue weighted by Gasteiger charge is -2.16. The van der Waals surface area contributed by atoms with Gasteiger partial charge in [-0.15, -0.1) is 0 Å². The Hall–Kier alpha value is -1.33. The minimum absolute atomic E-state index is 0.0979. The van der Waals surface area contributed by atoms with Gasteiger partial charge in [0, 0.05) is 6.61 Å². The Kier molecular flexibility index (Phi) is 3.49. The van der Waals surface area contributed by atoms with E-state index < -0.39 is 5.97 Å². The van der Waals surface area contributed by atoms with Crippen molar-refractivity contribution in [2.45, 2.75) is 25.5 Å². The van der Waals surface area contributed by atoms with E-state index in [1.807, 2.05) is 6.92 Å². The SMILES string of the molecule is CC1OCCC1Nc1ccc(Cl)c(C(=O)O)n1.